The Morgan fingerprint density at radius 3 is 2.61 bits per heavy atom. The van der Waals surface area contributed by atoms with Crippen LogP contribution in [0.25, 0.3) is 11.3 Å². The van der Waals surface area contributed by atoms with Crippen LogP contribution in [0.4, 0.5) is 0 Å². The van der Waals surface area contributed by atoms with Crippen molar-refractivity contribution in [1.82, 2.24) is 4.98 Å². The Bertz CT molecular complexity index is 561. The number of carbonyl (C=O) groups excluding carboxylic acids is 1. The number of ether oxygens (including phenoxy) is 1. The third-order valence-electron chi connectivity index (χ3n) is 2.67. The first kappa shape index (κ1) is 12.7. The summed E-state index contributed by atoms with van der Waals surface area (Å²) in [7, 11) is 0. The van der Waals surface area contributed by atoms with E-state index in [1.54, 1.807) is 6.92 Å². The highest BCUT2D eigenvalue weighted by Crippen LogP contribution is 2.32. The Kier molecular flexibility index (Phi) is 3.72. The summed E-state index contributed by atoms with van der Waals surface area (Å²) < 4.78 is 5.00. The molecule has 1 N–H and O–H groups in total. The first-order valence-corrected chi connectivity index (χ1v) is 6.13. The second-order valence-corrected chi connectivity index (χ2v) is 4.28. The number of hydrogen-bond donors (Lipinski definition) is 1. The fourth-order valence-corrected chi connectivity index (χ4v) is 2.22. The van der Waals surface area contributed by atoms with Gasteiger partial charge in [-0.2, -0.15) is 0 Å². The average molecular weight is 264 g/mol. The summed E-state index contributed by atoms with van der Waals surface area (Å²) in [6, 6.07) is 9.65. The quantitative estimate of drug-likeness (QED) is 0.856. The van der Waals surface area contributed by atoms with Gasteiger partial charge in [-0.1, -0.05) is 41.9 Å². The van der Waals surface area contributed by atoms with E-state index in [9.17, 15) is 4.79 Å². The zero-order chi connectivity index (χ0) is 13.1. The predicted molar refractivity (Wildman–Crippen MR) is 71.9 cm³/mol. The molecule has 0 amide bonds. The Balaban J connectivity index is 2.47. The maximum atomic E-state index is 11.8. The predicted octanol–water partition coefficient (Wildman–Crippen LogP) is 3.82. The molecule has 0 spiro atoms. The summed E-state index contributed by atoms with van der Waals surface area (Å²) in [5.41, 5.74) is 2.83. The Hall–Kier alpha value is -1.74. The molecule has 0 fully saturated rings. The second-order valence-electron chi connectivity index (χ2n) is 3.90. The van der Waals surface area contributed by atoms with Crippen LogP contribution < -0.4 is 0 Å². The SMILES string of the molecule is CCOC(=O)c1c(C)[nH]c(-c2ccccc2)c1Cl. The van der Waals surface area contributed by atoms with Crippen molar-refractivity contribution in [3.05, 3.63) is 46.6 Å². The number of carbonyl (C=O) groups is 1. The van der Waals surface area contributed by atoms with Crippen LogP contribution in [0.2, 0.25) is 5.02 Å². The van der Waals surface area contributed by atoms with Crippen molar-refractivity contribution in [3.8, 4) is 11.3 Å². The van der Waals surface area contributed by atoms with Gasteiger partial charge >= 0.3 is 5.97 Å². The number of benzene rings is 1. The summed E-state index contributed by atoms with van der Waals surface area (Å²) in [6.45, 7) is 3.91. The average Bonchev–Trinajstić information content (AvgIpc) is 2.66. The van der Waals surface area contributed by atoms with Gasteiger partial charge in [0.15, 0.2) is 0 Å². The van der Waals surface area contributed by atoms with E-state index < -0.39 is 5.97 Å². The van der Waals surface area contributed by atoms with Crippen LogP contribution in [0.1, 0.15) is 23.0 Å². The number of nitrogens with one attached hydrogen (secondary N) is 1. The number of esters is 1. The third-order valence-corrected chi connectivity index (χ3v) is 3.05. The largest absolute Gasteiger partial charge is 0.462 e. The van der Waals surface area contributed by atoms with E-state index >= 15 is 0 Å². The van der Waals surface area contributed by atoms with Crippen molar-refractivity contribution in [2.75, 3.05) is 6.61 Å². The van der Waals surface area contributed by atoms with Gasteiger partial charge in [0.25, 0.3) is 0 Å². The van der Waals surface area contributed by atoms with Gasteiger partial charge in [0.1, 0.15) is 0 Å². The lowest BCUT2D eigenvalue weighted by molar-refractivity contribution is 0.0526. The summed E-state index contributed by atoms with van der Waals surface area (Å²) in [6.07, 6.45) is 0. The highest BCUT2D eigenvalue weighted by molar-refractivity contribution is 6.36. The molecule has 0 bridgehead atoms. The van der Waals surface area contributed by atoms with Crippen molar-refractivity contribution in [2.45, 2.75) is 13.8 Å². The number of aromatic amines is 1. The molecule has 2 rings (SSSR count). The van der Waals surface area contributed by atoms with Gasteiger partial charge in [0, 0.05) is 5.69 Å². The van der Waals surface area contributed by atoms with E-state index in [1.807, 2.05) is 37.3 Å². The van der Waals surface area contributed by atoms with Crippen LogP contribution >= 0.6 is 11.6 Å². The maximum Gasteiger partial charge on any atom is 0.341 e. The molecule has 1 aromatic heterocycles. The fraction of sp³-hybridized carbons (Fsp3) is 0.214. The van der Waals surface area contributed by atoms with Crippen molar-refractivity contribution in [2.24, 2.45) is 0 Å². The molecule has 0 saturated heterocycles. The van der Waals surface area contributed by atoms with Gasteiger partial charge in [0.2, 0.25) is 0 Å². The minimum atomic E-state index is -0.390. The van der Waals surface area contributed by atoms with Gasteiger partial charge < -0.3 is 9.72 Å². The highest BCUT2D eigenvalue weighted by atomic mass is 35.5. The van der Waals surface area contributed by atoms with Crippen molar-refractivity contribution in [1.29, 1.82) is 0 Å². The molecule has 18 heavy (non-hydrogen) atoms. The first-order valence-electron chi connectivity index (χ1n) is 5.75. The van der Waals surface area contributed by atoms with E-state index in [1.165, 1.54) is 0 Å². The van der Waals surface area contributed by atoms with Crippen molar-refractivity contribution < 1.29 is 9.53 Å². The number of aryl methyl sites for hydroxylation is 1. The van der Waals surface area contributed by atoms with Gasteiger partial charge in [0.05, 0.1) is 22.9 Å². The monoisotopic (exact) mass is 263 g/mol. The lowest BCUT2D eigenvalue weighted by Gasteiger charge is -2.01. The number of halogens is 1. The van der Waals surface area contributed by atoms with Crippen LogP contribution in [0.15, 0.2) is 30.3 Å². The Morgan fingerprint density at radius 1 is 1.33 bits per heavy atom. The zero-order valence-corrected chi connectivity index (χ0v) is 11.0. The number of aromatic nitrogens is 1. The zero-order valence-electron chi connectivity index (χ0n) is 10.3. The summed E-state index contributed by atoms with van der Waals surface area (Å²) in [5.74, 6) is -0.390. The Labute approximate surface area is 111 Å². The van der Waals surface area contributed by atoms with Gasteiger partial charge in [-0.3, -0.25) is 0 Å². The Morgan fingerprint density at radius 2 is 2.00 bits per heavy atom. The minimum Gasteiger partial charge on any atom is -0.462 e. The highest BCUT2D eigenvalue weighted by Gasteiger charge is 2.21. The van der Waals surface area contributed by atoms with E-state index in [0.29, 0.717) is 17.2 Å². The third kappa shape index (κ3) is 2.27. The van der Waals surface area contributed by atoms with Crippen LogP contribution in [0.3, 0.4) is 0 Å². The standard InChI is InChI=1S/C14H14ClNO2/c1-3-18-14(17)11-9(2)16-13(12(11)15)10-7-5-4-6-8-10/h4-8,16H,3H2,1-2H3. The molecule has 94 valence electrons. The molecule has 0 radical (unpaired) electrons. The smallest absolute Gasteiger partial charge is 0.341 e. The van der Waals surface area contributed by atoms with Gasteiger partial charge in [-0.05, 0) is 19.4 Å². The number of rotatable bonds is 3. The minimum absolute atomic E-state index is 0.334. The molecule has 0 aliphatic rings. The van der Waals surface area contributed by atoms with E-state index in [0.717, 1.165) is 17.0 Å². The molecular formula is C14H14ClNO2. The van der Waals surface area contributed by atoms with E-state index in [4.69, 9.17) is 16.3 Å². The fourth-order valence-electron chi connectivity index (χ4n) is 1.84. The molecule has 0 aliphatic heterocycles. The van der Waals surface area contributed by atoms with Crippen LogP contribution in [-0.2, 0) is 4.74 Å². The molecular weight excluding hydrogens is 250 g/mol. The molecule has 1 heterocycles. The van der Waals surface area contributed by atoms with Crippen molar-refractivity contribution >= 4 is 17.6 Å². The van der Waals surface area contributed by atoms with Crippen LogP contribution in [0, 0.1) is 6.92 Å². The maximum absolute atomic E-state index is 11.8. The molecule has 3 nitrogen and oxygen atoms in total. The lowest BCUT2D eigenvalue weighted by Crippen LogP contribution is -2.05. The van der Waals surface area contributed by atoms with E-state index in [-0.39, 0.29) is 0 Å². The molecule has 2 aromatic rings. The topological polar surface area (TPSA) is 42.1 Å². The lowest BCUT2D eigenvalue weighted by atomic mass is 10.1. The van der Waals surface area contributed by atoms with Gasteiger partial charge in [-0.15, -0.1) is 0 Å². The molecule has 4 heteroatoms. The van der Waals surface area contributed by atoms with Gasteiger partial charge in [-0.25, -0.2) is 4.79 Å². The normalized spacial score (nSPS) is 10.4. The molecule has 0 atom stereocenters. The van der Waals surface area contributed by atoms with Crippen LogP contribution in [0.5, 0.6) is 0 Å². The van der Waals surface area contributed by atoms with Crippen molar-refractivity contribution in [3.63, 3.8) is 0 Å². The molecule has 1 aromatic carbocycles. The summed E-state index contributed by atoms with van der Waals surface area (Å²) in [5, 5.41) is 0.414. The van der Waals surface area contributed by atoms with Crippen LogP contribution in [-0.4, -0.2) is 17.6 Å². The second kappa shape index (κ2) is 5.27. The summed E-state index contributed by atoms with van der Waals surface area (Å²) in [4.78, 5) is 14.9. The molecule has 0 saturated carbocycles. The molecule has 0 aliphatic carbocycles. The van der Waals surface area contributed by atoms with E-state index in [2.05, 4.69) is 4.98 Å². The number of H-pyrrole nitrogens is 1. The first-order chi connectivity index (χ1) is 8.65. The number of hydrogen-bond acceptors (Lipinski definition) is 2. The molecule has 0 unspecified atom stereocenters. The summed E-state index contributed by atoms with van der Waals surface area (Å²) >= 11 is 6.26.